The summed E-state index contributed by atoms with van der Waals surface area (Å²) in [6, 6.07) is 15.4. The molecule has 0 saturated heterocycles. The number of likely N-dealkylation sites (N-methyl/N-ethyl adjacent to an activating group) is 1. The molecule has 6 nitrogen and oxygen atoms in total. The van der Waals surface area contributed by atoms with Crippen molar-refractivity contribution in [2.75, 3.05) is 13.6 Å². The number of carbonyl (C=O) groups excluding carboxylic acids is 3. The first-order chi connectivity index (χ1) is 14.1. The van der Waals surface area contributed by atoms with Crippen LogP contribution < -0.4 is 10.6 Å². The number of carbonyl (C=O) groups is 3. The number of nitrogens with zero attached hydrogens (tertiary/aromatic N) is 1. The predicted octanol–water partition coefficient (Wildman–Crippen LogP) is 3.57. The van der Waals surface area contributed by atoms with E-state index in [1.807, 2.05) is 51.1 Å². The first-order valence-electron chi connectivity index (χ1n) is 9.72. The zero-order chi connectivity index (χ0) is 22.3. The molecule has 0 bridgehead atoms. The predicted molar refractivity (Wildman–Crippen MR) is 118 cm³/mol. The van der Waals surface area contributed by atoms with Gasteiger partial charge in [-0.2, -0.15) is 0 Å². The zero-order valence-corrected chi connectivity index (χ0v) is 18.5. The number of benzene rings is 2. The van der Waals surface area contributed by atoms with E-state index in [0.717, 1.165) is 5.56 Å². The molecule has 0 heterocycles. The second-order valence-electron chi connectivity index (χ2n) is 8.17. The molecule has 1 atom stereocenters. The van der Waals surface area contributed by atoms with Crippen LogP contribution in [-0.2, 0) is 9.59 Å². The standard InChI is InChI=1S/C23H28ClN3O3/c1-23(2,3)26-20(28)15-27(4)21(29)14-19(16-10-6-5-7-11-16)25-22(30)17-12-8-9-13-18(17)24/h5-13,19H,14-15H2,1-4H3,(H,25,30)(H,26,28). The van der Waals surface area contributed by atoms with E-state index in [1.54, 1.807) is 31.3 Å². The molecule has 0 fully saturated rings. The second kappa shape index (κ2) is 10.3. The van der Waals surface area contributed by atoms with Crippen LogP contribution >= 0.6 is 11.6 Å². The molecule has 30 heavy (non-hydrogen) atoms. The number of rotatable bonds is 7. The quantitative estimate of drug-likeness (QED) is 0.706. The Hall–Kier alpha value is -2.86. The Kier molecular flexibility index (Phi) is 8.00. The first kappa shape index (κ1) is 23.4. The van der Waals surface area contributed by atoms with E-state index in [4.69, 9.17) is 11.6 Å². The number of halogens is 1. The van der Waals surface area contributed by atoms with Gasteiger partial charge in [0.2, 0.25) is 11.8 Å². The van der Waals surface area contributed by atoms with Gasteiger partial charge in [0.25, 0.3) is 5.91 Å². The molecule has 0 saturated carbocycles. The van der Waals surface area contributed by atoms with Crippen molar-refractivity contribution in [1.29, 1.82) is 0 Å². The Balaban J connectivity index is 2.12. The van der Waals surface area contributed by atoms with Crippen molar-refractivity contribution in [1.82, 2.24) is 15.5 Å². The summed E-state index contributed by atoms with van der Waals surface area (Å²) in [6.45, 7) is 5.57. The molecular weight excluding hydrogens is 402 g/mol. The highest BCUT2D eigenvalue weighted by atomic mass is 35.5. The Morgan fingerprint density at radius 2 is 1.60 bits per heavy atom. The van der Waals surface area contributed by atoms with Gasteiger partial charge < -0.3 is 15.5 Å². The molecule has 3 amide bonds. The lowest BCUT2D eigenvalue weighted by Crippen LogP contribution is -2.46. The van der Waals surface area contributed by atoms with Gasteiger partial charge in [0.05, 0.1) is 29.6 Å². The minimum absolute atomic E-state index is 0.0134. The molecule has 2 rings (SSSR count). The van der Waals surface area contributed by atoms with Crippen molar-refractivity contribution in [3.05, 3.63) is 70.7 Å². The molecule has 0 aliphatic carbocycles. The van der Waals surface area contributed by atoms with Crippen LogP contribution in [0.15, 0.2) is 54.6 Å². The Morgan fingerprint density at radius 3 is 2.20 bits per heavy atom. The monoisotopic (exact) mass is 429 g/mol. The van der Waals surface area contributed by atoms with E-state index in [0.29, 0.717) is 10.6 Å². The van der Waals surface area contributed by atoms with E-state index in [2.05, 4.69) is 10.6 Å². The van der Waals surface area contributed by atoms with Gasteiger partial charge in [0, 0.05) is 12.6 Å². The fourth-order valence-corrected chi connectivity index (χ4v) is 3.13. The average Bonchev–Trinajstić information content (AvgIpc) is 2.66. The summed E-state index contributed by atoms with van der Waals surface area (Å²) in [5.74, 6) is -0.863. The van der Waals surface area contributed by atoms with Crippen LogP contribution in [-0.4, -0.2) is 41.8 Å². The molecule has 7 heteroatoms. The number of hydrogen-bond donors (Lipinski definition) is 2. The molecule has 0 radical (unpaired) electrons. The SMILES string of the molecule is CN(CC(=O)NC(C)(C)C)C(=O)CC(NC(=O)c1ccccc1Cl)c1ccccc1. The van der Waals surface area contributed by atoms with Crippen LogP contribution in [0.3, 0.4) is 0 Å². The van der Waals surface area contributed by atoms with Crippen LogP contribution in [0.2, 0.25) is 5.02 Å². The minimum atomic E-state index is -0.560. The van der Waals surface area contributed by atoms with Crippen LogP contribution in [0.25, 0.3) is 0 Å². The van der Waals surface area contributed by atoms with Crippen molar-refractivity contribution in [3.63, 3.8) is 0 Å². The summed E-state index contributed by atoms with van der Waals surface area (Å²) in [6.07, 6.45) is 0.0134. The van der Waals surface area contributed by atoms with Gasteiger partial charge in [-0.1, -0.05) is 54.1 Å². The molecule has 1 unspecified atom stereocenters. The molecule has 0 aliphatic heterocycles. The van der Waals surface area contributed by atoms with Crippen LogP contribution in [0, 0.1) is 0 Å². The van der Waals surface area contributed by atoms with Gasteiger partial charge in [0.15, 0.2) is 0 Å². The summed E-state index contributed by atoms with van der Waals surface area (Å²) in [4.78, 5) is 39.0. The van der Waals surface area contributed by atoms with E-state index in [1.165, 1.54) is 4.90 Å². The van der Waals surface area contributed by atoms with Gasteiger partial charge in [-0.05, 0) is 38.5 Å². The van der Waals surface area contributed by atoms with Crippen molar-refractivity contribution in [2.24, 2.45) is 0 Å². The number of nitrogens with one attached hydrogen (secondary N) is 2. The molecule has 2 aromatic rings. The molecular formula is C23H28ClN3O3. The minimum Gasteiger partial charge on any atom is -0.350 e. The summed E-state index contributed by atoms with van der Waals surface area (Å²) >= 11 is 6.13. The molecule has 2 N–H and O–H groups in total. The number of amides is 3. The average molecular weight is 430 g/mol. The largest absolute Gasteiger partial charge is 0.350 e. The molecule has 0 aromatic heterocycles. The molecule has 160 valence electrons. The highest BCUT2D eigenvalue weighted by Crippen LogP contribution is 2.21. The van der Waals surface area contributed by atoms with Gasteiger partial charge in [-0.25, -0.2) is 0 Å². The highest BCUT2D eigenvalue weighted by Gasteiger charge is 2.24. The van der Waals surface area contributed by atoms with Crippen LogP contribution in [0.5, 0.6) is 0 Å². The fourth-order valence-electron chi connectivity index (χ4n) is 2.91. The third kappa shape index (κ3) is 7.19. The highest BCUT2D eigenvalue weighted by molar-refractivity contribution is 6.33. The lowest BCUT2D eigenvalue weighted by Gasteiger charge is -2.25. The van der Waals surface area contributed by atoms with E-state index < -0.39 is 6.04 Å². The van der Waals surface area contributed by atoms with Crippen molar-refractivity contribution in [2.45, 2.75) is 38.8 Å². The summed E-state index contributed by atoms with van der Waals surface area (Å²) in [7, 11) is 1.57. The smallest absolute Gasteiger partial charge is 0.253 e. The lowest BCUT2D eigenvalue weighted by molar-refractivity contribution is -0.135. The van der Waals surface area contributed by atoms with Gasteiger partial charge >= 0.3 is 0 Å². The van der Waals surface area contributed by atoms with Crippen LogP contribution in [0.1, 0.15) is 49.2 Å². The Bertz CT molecular complexity index is 894. The van der Waals surface area contributed by atoms with Crippen molar-refractivity contribution in [3.8, 4) is 0 Å². The van der Waals surface area contributed by atoms with Gasteiger partial charge in [-0.15, -0.1) is 0 Å². The normalized spacial score (nSPS) is 12.0. The Labute approximate surface area is 182 Å². The zero-order valence-electron chi connectivity index (χ0n) is 17.7. The van der Waals surface area contributed by atoms with E-state index >= 15 is 0 Å². The van der Waals surface area contributed by atoms with Gasteiger partial charge in [0.1, 0.15) is 0 Å². The second-order valence-corrected chi connectivity index (χ2v) is 8.58. The summed E-state index contributed by atoms with van der Waals surface area (Å²) < 4.78 is 0. The van der Waals surface area contributed by atoms with Crippen molar-refractivity contribution < 1.29 is 14.4 Å². The molecule has 0 aliphatic rings. The van der Waals surface area contributed by atoms with Crippen molar-refractivity contribution >= 4 is 29.3 Å². The number of hydrogen-bond acceptors (Lipinski definition) is 3. The fraction of sp³-hybridized carbons (Fsp3) is 0.348. The van der Waals surface area contributed by atoms with Crippen LogP contribution in [0.4, 0.5) is 0 Å². The maximum Gasteiger partial charge on any atom is 0.253 e. The maximum atomic E-state index is 12.8. The van der Waals surface area contributed by atoms with E-state index in [9.17, 15) is 14.4 Å². The summed E-state index contributed by atoms with van der Waals surface area (Å²) in [5.41, 5.74) is 0.750. The van der Waals surface area contributed by atoms with Gasteiger partial charge in [-0.3, -0.25) is 14.4 Å². The lowest BCUT2D eigenvalue weighted by atomic mass is 10.0. The molecule has 2 aromatic carbocycles. The first-order valence-corrected chi connectivity index (χ1v) is 10.1. The van der Waals surface area contributed by atoms with E-state index in [-0.39, 0.29) is 36.2 Å². The maximum absolute atomic E-state index is 12.8. The Morgan fingerprint density at radius 1 is 1.00 bits per heavy atom. The summed E-state index contributed by atoms with van der Waals surface area (Å²) in [5, 5.41) is 6.07. The topological polar surface area (TPSA) is 78.5 Å². The third-order valence-corrected chi connectivity index (χ3v) is 4.66. The third-order valence-electron chi connectivity index (χ3n) is 4.33. The molecule has 0 spiro atoms.